The van der Waals surface area contributed by atoms with Crippen molar-refractivity contribution in [2.24, 2.45) is 0 Å². The summed E-state index contributed by atoms with van der Waals surface area (Å²) < 4.78 is 0. The summed E-state index contributed by atoms with van der Waals surface area (Å²) in [6.07, 6.45) is 2.03. The van der Waals surface area contributed by atoms with Crippen LogP contribution in [0.2, 0.25) is 0 Å². The number of hydrogen-bond donors (Lipinski definition) is 2. The number of hydrogen-bond acceptors (Lipinski definition) is 2. The zero-order chi connectivity index (χ0) is 11.5. The summed E-state index contributed by atoms with van der Waals surface area (Å²) in [5.74, 6) is 0.0891. The Hall–Kier alpha value is -1.35. The average molecular weight is 218 g/mol. The van der Waals surface area contributed by atoms with E-state index in [1.807, 2.05) is 19.1 Å². The molecule has 1 atom stereocenters. The van der Waals surface area contributed by atoms with Crippen molar-refractivity contribution in [1.82, 2.24) is 5.32 Å². The zero-order valence-corrected chi connectivity index (χ0v) is 9.84. The largest absolute Gasteiger partial charge is 0.324 e. The van der Waals surface area contributed by atoms with Crippen LogP contribution in [0.15, 0.2) is 18.2 Å². The Balaban J connectivity index is 2.08. The SMILES string of the molecule is Cc1cccc(NC(=O)[C@@H]2CCCN2)c1C. The molecule has 1 fully saturated rings. The fourth-order valence-electron chi connectivity index (χ4n) is 2.01. The highest BCUT2D eigenvalue weighted by Crippen LogP contribution is 2.18. The van der Waals surface area contributed by atoms with E-state index in [0.29, 0.717) is 0 Å². The highest BCUT2D eigenvalue weighted by atomic mass is 16.2. The summed E-state index contributed by atoms with van der Waals surface area (Å²) in [7, 11) is 0. The van der Waals surface area contributed by atoms with E-state index in [9.17, 15) is 4.79 Å². The number of anilines is 1. The molecule has 1 heterocycles. The normalized spacial score (nSPS) is 19.8. The van der Waals surface area contributed by atoms with E-state index >= 15 is 0 Å². The van der Waals surface area contributed by atoms with Crippen LogP contribution < -0.4 is 10.6 Å². The molecule has 0 aromatic heterocycles. The molecular formula is C13H18N2O. The van der Waals surface area contributed by atoms with E-state index < -0.39 is 0 Å². The molecule has 1 aliphatic heterocycles. The predicted octanol–water partition coefficient (Wildman–Crippen LogP) is 1.99. The lowest BCUT2D eigenvalue weighted by Gasteiger charge is -2.13. The number of rotatable bonds is 2. The van der Waals surface area contributed by atoms with Crippen LogP contribution in [0.4, 0.5) is 5.69 Å². The molecule has 16 heavy (non-hydrogen) atoms. The topological polar surface area (TPSA) is 41.1 Å². The average Bonchev–Trinajstić information content (AvgIpc) is 2.78. The molecule has 1 aromatic rings. The summed E-state index contributed by atoms with van der Waals surface area (Å²) in [5, 5.41) is 6.19. The Bertz CT molecular complexity index is 395. The molecule has 1 aromatic carbocycles. The van der Waals surface area contributed by atoms with Crippen LogP contribution in [0.25, 0.3) is 0 Å². The monoisotopic (exact) mass is 218 g/mol. The van der Waals surface area contributed by atoms with Gasteiger partial charge in [0.15, 0.2) is 0 Å². The highest BCUT2D eigenvalue weighted by Gasteiger charge is 2.22. The van der Waals surface area contributed by atoms with Crippen LogP contribution in [-0.2, 0) is 4.79 Å². The molecule has 2 rings (SSSR count). The fraction of sp³-hybridized carbons (Fsp3) is 0.462. The maximum atomic E-state index is 11.9. The van der Waals surface area contributed by atoms with E-state index in [1.54, 1.807) is 0 Å². The molecule has 0 aliphatic carbocycles. The zero-order valence-electron chi connectivity index (χ0n) is 9.84. The van der Waals surface area contributed by atoms with Crippen LogP contribution in [0.5, 0.6) is 0 Å². The van der Waals surface area contributed by atoms with Crippen LogP contribution in [0.3, 0.4) is 0 Å². The third kappa shape index (κ3) is 2.25. The molecule has 0 radical (unpaired) electrons. The highest BCUT2D eigenvalue weighted by molar-refractivity contribution is 5.95. The van der Waals surface area contributed by atoms with Crippen molar-refractivity contribution in [3.63, 3.8) is 0 Å². The van der Waals surface area contributed by atoms with Gasteiger partial charge >= 0.3 is 0 Å². The Morgan fingerprint density at radius 3 is 2.94 bits per heavy atom. The quantitative estimate of drug-likeness (QED) is 0.797. The van der Waals surface area contributed by atoms with Crippen molar-refractivity contribution >= 4 is 11.6 Å². The second kappa shape index (κ2) is 4.66. The molecule has 1 aliphatic rings. The molecule has 0 spiro atoms. The molecule has 3 nitrogen and oxygen atoms in total. The summed E-state index contributed by atoms with van der Waals surface area (Å²) in [6.45, 7) is 5.04. The summed E-state index contributed by atoms with van der Waals surface area (Å²) in [4.78, 5) is 11.9. The number of carbonyl (C=O) groups excluding carboxylic acids is 1. The number of benzene rings is 1. The van der Waals surface area contributed by atoms with Gasteiger partial charge in [-0.3, -0.25) is 4.79 Å². The molecule has 0 unspecified atom stereocenters. The van der Waals surface area contributed by atoms with Gasteiger partial charge in [0.05, 0.1) is 6.04 Å². The number of carbonyl (C=O) groups is 1. The van der Waals surface area contributed by atoms with E-state index in [4.69, 9.17) is 0 Å². The molecule has 1 amide bonds. The van der Waals surface area contributed by atoms with E-state index in [0.717, 1.165) is 30.6 Å². The van der Waals surface area contributed by atoms with Crippen LogP contribution >= 0.6 is 0 Å². The Labute approximate surface area is 96.2 Å². The van der Waals surface area contributed by atoms with Gasteiger partial charge in [-0.05, 0) is 50.4 Å². The first-order valence-electron chi connectivity index (χ1n) is 5.79. The standard InChI is InChI=1S/C13H18N2O/c1-9-5-3-6-11(10(9)2)15-13(16)12-7-4-8-14-12/h3,5-6,12,14H,4,7-8H2,1-2H3,(H,15,16)/t12-/m0/s1. The van der Waals surface area contributed by atoms with Crippen molar-refractivity contribution in [3.05, 3.63) is 29.3 Å². The second-order valence-corrected chi connectivity index (χ2v) is 4.39. The number of aryl methyl sites for hydroxylation is 1. The smallest absolute Gasteiger partial charge is 0.241 e. The van der Waals surface area contributed by atoms with Crippen molar-refractivity contribution in [2.45, 2.75) is 32.7 Å². The molecule has 1 saturated heterocycles. The van der Waals surface area contributed by atoms with Gasteiger partial charge in [0, 0.05) is 5.69 Å². The molecule has 2 N–H and O–H groups in total. The van der Waals surface area contributed by atoms with Crippen LogP contribution in [0.1, 0.15) is 24.0 Å². The summed E-state index contributed by atoms with van der Waals surface area (Å²) >= 11 is 0. The third-order valence-electron chi connectivity index (χ3n) is 3.24. The van der Waals surface area contributed by atoms with Crippen molar-refractivity contribution in [2.75, 3.05) is 11.9 Å². The minimum absolute atomic E-state index is 0.0140. The van der Waals surface area contributed by atoms with Crippen molar-refractivity contribution in [3.8, 4) is 0 Å². The Kier molecular flexibility index (Phi) is 3.25. The number of amides is 1. The van der Waals surface area contributed by atoms with Gasteiger partial charge in [0.25, 0.3) is 0 Å². The fourth-order valence-corrected chi connectivity index (χ4v) is 2.01. The van der Waals surface area contributed by atoms with Gasteiger partial charge in [-0.25, -0.2) is 0 Å². The maximum absolute atomic E-state index is 11.9. The van der Waals surface area contributed by atoms with Crippen LogP contribution in [0, 0.1) is 13.8 Å². The lowest BCUT2D eigenvalue weighted by Crippen LogP contribution is -2.35. The molecule has 0 saturated carbocycles. The maximum Gasteiger partial charge on any atom is 0.241 e. The van der Waals surface area contributed by atoms with Gasteiger partial charge in [0.1, 0.15) is 0 Å². The van der Waals surface area contributed by atoms with Gasteiger partial charge in [-0.2, -0.15) is 0 Å². The van der Waals surface area contributed by atoms with Gasteiger partial charge < -0.3 is 10.6 Å². The van der Waals surface area contributed by atoms with E-state index in [-0.39, 0.29) is 11.9 Å². The summed E-state index contributed by atoms with van der Waals surface area (Å²) in [5.41, 5.74) is 3.28. The Morgan fingerprint density at radius 2 is 2.25 bits per heavy atom. The first-order valence-corrected chi connectivity index (χ1v) is 5.79. The first-order chi connectivity index (χ1) is 7.68. The second-order valence-electron chi connectivity index (χ2n) is 4.39. The van der Waals surface area contributed by atoms with Crippen LogP contribution in [-0.4, -0.2) is 18.5 Å². The van der Waals surface area contributed by atoms with Crippen molar-refractivity contribution < 1.29 is 4.79 Å². The molecule has 0 bridgehead atoms. The predicted molar refractivity (Wildman–Crippen MR) is 65.6 cm³/mol. The Morgan fingerprint density at radius 1 is 1.44 bits per heavy atom. The first kappa shape index (κ1) is 11.1. The molecule has 86 valence electrons. The molecule has 3 heteroatoms. The minimum atomic E-state index is -0.0140. The van der Waals surface area contributed by atoms with Gasteiger partial charge in [-0.15, -0.1) is 0 Å². The summed E-state index contributed by atoms with van der Waals surface area (Å²) in [6, 6.07) is 5.97. The van der Waals surface area contributed by atoms with Crippen molar-refractivity contribution in [1.29, 1.82) is 0 Å². The molecular weight excluding hydrogens is 200 g/mol. The van der Waals surface area contributed by atoms with E-state index in [2.05, 4.69) is 23.6 Å². The van der Waals surface area contributed by atoms with Gasteiger partial charge in [-0.1, -0.05) is 12.1 Å². The van der Waals surface area contributed by atoms with E-state index in [1.165, 1.54) is 5.56 Å². The minimum Gasteiger partial charge on any atom is -0.324 e. The lowest BCUT2D eigenvalue weighted by molar-refractivity contribution is -0.117. The lowest BCUT2D eigenvalue weighted by atomic mass is 10.1. The van der Waals surface area contributed by atoms with Gasteiger partial charge in [0.2, 0.25) is 5.91 Å². The third-order valence-corrected chi connectivity index (χ3v) is 3.24. The number of nitrogens with one attached hydrogen (secondary N) is 2.